The lowest BCUT2D eigenvalue weighted by Gasteiger charge is -1.95. The minimum Gasteiger partial charge on any atom is -0.294 e. The van der Waals surface area contributed by atoms with Crippen molar-refractivity contribution in [3.05, 3.63) is 46.2 Å². The van der Waals surface area contributed by atoms with Crippen LogP contribution < -0.4 is 0 Å². The zero-order chi connectivity index (χ0) is 13.7. The van der Waals surface area contributed by atoms with Crippen molar-refractivity contribution in [3.63, 3.8) is 0 Å². The molecule has 0 spiro atoms. The molecule has 0 aromatic carbocycles. The van der Waals surface area contributed by atoms with Crippen molar-refractivity contribution in [1.29, 1.82) is 0 Å². The quantitative estimate of drug-likeness (QED) is 0.625. The van der Waals surface area contributed by atoms with Gasteiger partial charge in [-0.15, -0.1) is 34.0 Å². The summed E-state index contributed by atoms with van der Waals surface area (Å²) in [6, 6.07) is 7.95. The van der Waals surface area contributed by atoms with Gasteiger partial charge in [0, 0.05) is 20.9 Å². The van der Waals surface area contributed by atoms with Crippen molar-refractivity contribution in [2.45, 2.75) is 6.42 Å². The van der Waals surface area contributed by atoms with Crippen LogP contribution in [0.4, 0.5) is 0 Å². The third kappa shape index (κ3) is 1.67. The van der Waals surface area contributed by atoms with E-state index < -0.39 is 0 Å². The first kappa shape index (κ1) is 12.2. The minimum atomic E-state index is -0.0348. The van der Waals surface area contributed by atoms with E-state index in [4.69, 9.17) is 0 Å². The lowest BCUT2D eigenvalue weighted by Crippen LogP contribution is -1.93. The van der Waals surface area contributed by atoms with Gasteiger partial charge in [-0.2, -0.15) is 0 Å². The van der Waals surface area contributed by atoms with Crippen LogP contribution in [0, 0.1) is 0 Å². The third-order valence-corrected chi connectivity index (χ3v) is 6.57. The van der Waals surface area contributed by atoms with Gasteiger partial charge in [-0.3, -0.25) is 9.59 Å². The molecule has 0 saturated carbocycles. The highest BCUT2D eigenvalue weighted by atomic mass is 32.1. The molecular weight excluding hydrogens is 308 g/mol. The fraction of sp³-hybridized carbons (Fsp3) is 0.0667. The maximum Gasteiger partial charge on any atom is 0.172 e. The average molecular weight is 316 g/mol. The fourth-order valence-electron chi connectivity index (χ4n) is 2.45. The highest BCUT2D eigenvalue weighted by molar-refractivity contribution is 7.26. The fourth-order valence-corrected chi connectivity index (χ4v) is 5.50. The van der Waals surface area contributed by atoms with E-state index in [1.165, 1.54) is 0 Å². The van der Waals surface area contributed by atoms with E-state index >= 15 is 0 Å². The number of rotatable bonds is 2. The molecule has 0 fully saturated rings. The zero-order valence-corrected chi connectivity index (χ0v) is 12.7. The van der Waals surface area contributed by atoms with Crippen LogP contribution in [-0.2, 0) is 0 Å². The van der Waals surface area contributed by atoms with E-state index in [0.29, 0.717) is 11.1 Å². The molecular formula is C15H8O2S3. The van der Waals surface area contributed by atoms with Gasteiger partial charge >= 0.3 is 0 Å². The van der Waals surface area contributed by atoms with Gasteiger partial charge < -0.3 is 0 Å². The first-order valence-corrected chi connectivity index (χ1v) is 8.64. The lowest BCUT2D eigenvalue weighted by atomic mass is 10.1. The molecule has 20 heavy (non-hydrogen) atoms. The van der Waals surface area contributed by atoms with Crippen molar-refractivity contribution >= 4 is 45.6 Å². The Morgan fingerprint density at radius 3 is 1.70 bits per heavy atom. The highest BCUT2D eigenvalue weighted by Crippen LogP contribution is 2.48. The molecule has 2 nitrogen and oxygen atoms in total. The maximum atomic E-state index is 12.2. The Morgan fingerprint density at radius 2 is 1.30 bits per heavy atom. The summed E-state index contributed by atoms with van der Waals surface area (Å²) in [5.74, 6) is -0.0695. The largest absolute Gasteiger partial charge is 0.294 e. The van der Waals surface area contributed by atoms with Crippen LogP contribution in [0.3, 0.4) is 0 Å². The summed E-state index contributed by atoms with van der Waals surface area (Å²) in [6.45, 7) is 0. The number of hydrogen-bond donors (Lipinski definition) is 0. The van der Waals surface area contributed by atoms with Gasteiger partial charge in [-0.25, -0.2) is 0 Å². The molecule has 5 heteroatoms. The van der Waals surface area contributed by atoms with Crippen molar-refractivity contribution in [2.24, 2.45) is 0 Å². The first-order chi connectivity index (χ1) is 9.75. The van der Waals surface area contributed by atoms with E-state index in [0.717, 1.165) is 19.5 Å². The van der Waals surface area contributed by atoms with Crippen molar-refractivity contribution in [1.82, 2.24) is 0 Å². The highest BCUT2D eigenvalue weighted by Gasteiger charge is 2.36. The molecule has 0 amide bonds. The number of carbonyl (C=O) groups is 2. The molecule has 0 N–H and O–H groups in total. The molecule has 0 aliphatic heterocycles. The second-order valence-corrected chi connectivity index (χ2v) is 7.40. The second kappa shape index (κ2) is 4.48. The SMILES string of the molecule is O=C1CC(=O)c2c(-c3cccs3)sc(-c3cccs3)c21. The molecule has 1 aliphatic carbocycles. The Balaban J connectivity index is 2.04. The van der Waals surface area contributed by atoms with Crippen LogP contribution in [0.5, 0.6) is 0 Å². The lowest BCUT2D eigenvalue weighted by molar-refractivity contribution is 0.0923. The summed E-state index contributed by atoms with van der Waals surface area (Å²) in [5, 5.41) is 3.99. The van der Waals surface area contributed by atoms with E-state index in [-0.39, 0.29) is 18.0 Å². The van der Waals surface area contributed by atoms with Crippen LogP contribution in [0.1, 0.15) is 27.1 Å². The summed E-state index contributed by atoms with van der Waals surface area (Å²) in [7, 11) is 0. The van der Waals surface area contributed by atoms with Crippen molar-refractivity contribution < 1.29 is 9.59 Å². The van der Waals surface area contributed by atoms with Gasteiger partial charge in [0.25, 0.3) is 0 Å². The Labute approximate surface area is 127 Å². The van der Waals surface area contributed by atoms with Gasteiger partial charge in [-0.1, -0.05) is 12.1 Å². The predicted molar refractivity (Wildman–Crippen MR) is 84.2 cm³/mol. The molecule has 0 saturated heterocycles. The molecule has 0 radical (unpaired) electrons. The minimum absolute atomic E-state index is 0.0228. The van der Waals surface area contributed by atoms with Gasteiger partial charge in [-0.05, 0) is 22.9 Å². The van der Waals surface area contributed by atoms with E-state index in [2.05, 4.69) is 0 Å². The van der Waals surface area contributed by atoms with Crippen LogP contribution in [0.15, 0.2) is 35.0 Å². The molecule has 98 valence electrons. The van der Waals surface area contributed by atoms with Crippen LogP contribution >= 0.6 is 34.0 Å². The van der Waals surface area contributed by atoms with Gasteiger partial charge in [0.2, 0.25) is 0 Å². The smallest absolute Gasteiger partial charge is 0.172 e. The Kier molecular flexibility index (Phi) is 2.73. The number of carbonyl (C=O) groups excluding carboxylic acids is 2. The Bertz CT molecular complexity index is 741. The number of thiophene rings is 3. The molecule has 3 aromatic heterocycles. The molecule has 3 heterocycles. The molecule has 0 bridgehead atoms. The van der Waals surface area contributed by atoms with Crippen molar-refractivity contribution in [2.75, 3.05) is 0 Å². The Hall–Kier alpha value is -1.56. The third-order valence-electron chi connectivity index (χ3n) is 3.28. The summed E-state index contributed by atoms with van der Waals surface area (Å²) in [4.78, 5) is 28.4. The standard InChI is InChI=1S/C15H8O2S3/c16-8-7-9(17)13-12(8)14(10-3-1-5-18-10)20-15(13)11-4-2-6-19-11/h1-6H,7H2. The normalized spacial score (nSPS) is 14.0. The van der Waals surface area contributed by atoms with E-state index in [9.17, 15) is 9.59 Å². The van der Waals surface area contributed by atoms with Gasteiger partial charge in [0.1, 0.15) is 0 Å². The number of Topliss-reactive ketones (excluding diaryl/α,β-unsaturated/α-hetero) is 2. The molecule has 0 unspecified atom stereocenters. The average Bonchev–Trinajstić information content (AvgIpc) is 3.17. The van der Waals surface area contributed by atoms with E-state index in [1.54, 1.807) is 34.0 Å². The summed E-state index contributed by atoms with van der Waals surface area (Å²) < 4.78 is 0. The molecule has 0 atom stereocenters. The molecule has 1 aliphatic rings. The topological polar surface area (TPSA) is 34.1 Å². The summed E-state index contributed by atoms with van der Waals surface area (Å²) >= 11 is 4.78. The number of fused-ring (bicyclic) bond motifs is 1. The van der Waals surface area contributed by atoms with Gasteiger partial charge in [0.05, 0.1) is 16.2 Å². The Morgan fingerprint density at radius 1 is 0.800 bits per heavy atom. The predicted octanol–water partition coefficient (Wildman–Crippen LogP) is 4.97. The monoisotopic (exact) mass is 316 g/mol. The van der Waals surface area contributed by atoms with Crippen LogP contribution in [0.25, 0.3) is 19.5 Å². The van der Waals surface area contributed by atoms with Crippen LogP contribution in [0.2, 0.25) is 0 Å². The molecule has 3 aromatic rings. The molecule has 4 rings (SSSR count). The van der Waals surface area contributed by atoms with E-state index in [1.807, 2.05) is 35.0 Å². The first-order valence-electron chi connectivity index (χ1n) is 6.06. The summed E-state index contributed by atoms with van der Waals surface area (Å²) in [6.07, 6.45) is 0.0228. The zero-order valence-electron chi connectivity index (χ0n) is 10.2. The number of hydrogen-bond acceptors (Lipinski definition) is 5. The summed E-state index contributed by atoms with van der Waals surface area (Å²) in [5.41, 5.74) is 1.29. The van der Waals surface area contributed by atoms with Crippen LogP contribution in [-0.4, -0.2) is 11.6 Å². The second-order valence-electron chi connectivity index (χ2n) is 4.49. The van der Waals surface area contributed by atoms with Crippen molar-refractivity contribution in [3.8, 4) is 19.5 Å². The van der Waals surface area contributed by atoms with Gasteiger partial charge in [0.15, 0.2) is 11.6 Å². The number of ketones is 2. The maximum absolute atomic E-state index is 12.2.